The summed E-state index contributed by atoms with van der Waals surface area (Å²) in [6.07, 6.45) is 2.73. The largest absolute Gasteiger partial charge is 0.393 e. The quantitative estimate of drug-likeness (QED) is 0.828. The smallest absolute Gasteiger partial charge is 0.0529 e. The van der Waals surface area contributed by atoms with Gasteiger partial charge in [-0.05, 0) is 32.0 Å². The minimum atomic E-state index is -0.246. The molecule has 92 valence electrons. The molecule has 2 N–H and O–H groups in total. The Morgan fingerprint density at radius 1 is 1.35 bits per heavy atom. The molecule has 1 heterocycles. The first-order chi connectivity index (χ1) is 8.22. The van der Waals surface area contributed by atoms with Crippen molar-refractivity contribution in [3.8, 4) is 0 Å². The van der Waals surface area contributed by atoms with Gasteiger partial charge in [-0.1, -0.05) is 18.2 Å². The highest BCUT2D eigenvalue weighted by Gasteiger charge is 2.07. The summed E-state index contributed by atoms with van der Waals surface area (Å²) >= 11 is 0. The Balaban J connectivity index is 2.34. The number of aliphatic hydroxyl groups excluding tert-OH is 1. The van der Waals surface area contributed by atoms with Crippen LogP contribution in [0.15, 0.2) is 30.5 Å². The zero-order valence-corrected chi connectivity index (χ0v) is 10.5. The molecule has 2 aromatic rings. The van der Waals surface area contributed by atoms with Crippen LogP contribution in [-0.2, 0) is 13.1 Å². The predicted octanol–water partition coefficient (Wildman–Crippen LogP) is 2.13. The van der Waals surface area contributed by atoms with Crippen molar-refractivity contribution in [1.29, 1.82) is 0 Å². The topological polar surface area (TPSA) is 37.2 Å². The molecule has 0 radical (unpaired) electrons. The van der Waals surface area contributed by atoms with Gasteiger partial charge in [0, 0.05) is 30.2 Å². The number of fused-ring (bicyclic) bond motifs is 1. The average molecular weight is 232 g/mol. The number of nitrogens with one attached hydrogen (secondary N) is 1. The molecule has 1 aromatic heterocycles. The minimum Gasteiger partial charge on any atom is -0.393 e. The van der Waals surface area contributed by atoms with E-state index in [-0.39, 0.29) is 6.10 Å². The van der Waals surface area contributed by atoms with Gasteiger partial charge in [0.15, 0.2) is 0 Å². The van der Waals surface area contributed by atoms with Crippen LogP contribution in [0.3, 0.4) is 0 Å². The predicted molar refractivity (Wildman–Crippen MR) is 71.0 cm³/mol. The fourth-order valence-electron chi connectivity index (χ4n) is 2.17. The van der Waals surface area contributed by atoms with Crippen LogP contribution >= 0.6 is 0 Å². The number of para-hydroxylation sites is 1. The first-order valence-electron chi connectivity index (χ1n) is 6.11. The standard InChI is InChI=1S/C14H20N2O/c1-11(17)7-8-16-10-12(9-15-2)13-5-3-4-6-14(13)16/h3-6,10-11,15,17H,7-9H2,1-2H3. The van der Waals surface area contributed by atoms with Crippen molar-refractivity contribution in [2.75, 3.05) is 7.05 Å². The van der Waals surface area contributed by atoms with E-state index in [2.05, 4.69) is 40.3 Å². The molecule has 3 nitrogen and oxygen atoms in total. The van der Waals surface area contributed by atoms with E-state index in [1.165, 1.54) is 16.5 Å². The van der Waals surface area contributed by atoms with Crippen molar-refractivity contribution in [1.82, 2.24) is 9.88 Å². The van der Waals surface area contributed by atoms with E-state index in [4.69, 9.17) is 0 Å². The van der Waals surface area contributed by atoms with Crippen molar-refractivity contribution in [3.63, 3.8) is 0 Å². The van der Waals surface area contributed by atoms with Gasteiger partial charge < -0.3 is 15.0 Å². The van der Waals surface area contributed by atoms with E-state index in [1.807, 2.05) is 14.0 Å². The molecular formula is C14H20N2O. The number of aromatic nitrogens is 1. The maximum absolute atomic E-state index is 9.37. The first kappa shape index (κ1) is 12.1. The molecule has 0 saturated carbocycles. The summed E-state index contributed by atoms with van der Waals surface area (Å²) in [6.45, 7) is 3.57. The fraction of sp³-hybridized carbons (Fsp3) is 0.429. The van der Waals surface area contributed by atoms with Gasteiger partial charge in [0.2, 0.25) is 0 Å². The third-order valence-corrected chi connectivity index (χ3v) is 3.03. The summed E-state index contributed by atoms with van der Waals surface area (Å²) < 4.78 is 2.23. The van der Waals surface area contributed by atoms with Gasteiger partial charge in [0.1, 0.15) is 0 Å². The summed E-state index contributed by atoms with van der Waals surface area (Å²) in [5, 5.41) is 13.9. The van der Waals surface area contributed by atoms with Crippen LogP contribution < -0.4 is 5.32 Å². The molecule has 1 atom stereocenters. The lowest BCUT2D eigenvalue weighted by Crippen LogP contribution is -2.06. The van der Waals surface area contributed by atoms with Gasteiger partial charge in [-0.3, -0.25) is 0 Å². The molecule has 3 heteroatoms. The first-order valence-corrected chi connectivity index (χ1v) is 6.11. The molecule has 0 aliphatic carbocycles. The summed E-state index contributed by atoms with van der Waals surface area (Å²) in [7, 11) is 1.96. The second kappa shape index (κ2) is 5.34. The van der Waals surface area contributed by atoms with E-state index in [0.29, 0.717) is 0 Å². The highest BCUT2D eigenvalue weighted by Crippen LogP contribution is 2.21. The maximum Gasteiger partial charge on any atom is 0.0529 e. The lowest BCUT2D eigenvalue weighted by molar-refractivity contribution is 0.178. The average Bonchev–Trinajstić information content (AvgIpc) is 2.66. The number of rotatable bonds is 5. The Labute approximate surface area is 102 Å². The van der Waals surface area contributed by atoms with Crippen molar-refractivity contribution in [3.05, 3.63) is 36.0 Å². The molecule has 17 heavy (non-hydrogen) atoms. The number of hydrogen-bond acceptors (Lipinski definition) is 2. The molecule has 0 aliphatic heterocycles. The lowest BCUT2D eigenvalue weighted by Gasteiger charge is -2.06. The van der Waals surface area contributed by atoms with Crippen LogP contribution in [0.25, 0.3) is 10.9 Å². The van der Waals surface area contributed by atoms with Crippen molar-refractivity contribution >= 4 is 10.9 Å². The molecular weight excluding hydrogens is 212 g/mol. The van der Waals surface area contributed by atoms with Gasteiger partial charge in [-0.2, -0.15) is 0 Å². The van der Waals surface area contributed by atoms with Crippen molar-refractivity contribution < 1.29 is 5.11 Å². The van der Waals surface area contributed by atoms with Crippen LogP contribution in [0.2, 0.25) is 0 Å². The third kappa shape index (κ3) is 2.68. The second-order valence-corrected chi connectivity index (χ2v) is 4.53. The van der Waals surface area contributed by atoms with Gasteiger partial charge in [-0.15, -0.1) is 0 Å². The monoisotopic (exact) mass is 232 g/mol. The molecule has 0 aliphatic rings. The highest BCUT2D eigenvalue weighted by atomic mass is 16.3. The van der Waals surface area contributed by atoms with Gasteiger partial charge in [0.25, 0.3) is 0 Å². The van der Waals surface area contributed by atoms with E-state index in [0.717, 1.165) is 19.5 Å². The highest BCUT2D eigenvalue weighted by molar-refractivity contribution is 5.83. The molecule has 0 saturated heterocycles. The summed E-state index contributed by atoms with van der Waals surface area (Å²) in [6, 6.07) is 8.42. The number of aryl methyl sites for hydroxylation is 1. The Hall–Kier alpha value is -1.32. The molecule has 0 spiro atoms. The third-order valence-electron chi connectivity index (χ3n) is 3.03. The number of aliphatic hydroxyl groups is 1. The van der Waals surface area contributed by atoms with Crippen LogP contribution in [0, 0.1) is 0 Å². The van der Waals surface area contributed by atoms with Crippen LogP contribution in [0.4, 0.5) is 0 Å². The van der Waals surface area contributed by atoms with E-state index in [9.17, 15) is 5.11 Å². The van der Waals surface area contributed by atoms with E-state index >= 15 is 0 Å². The van der Waals surface area contributed by atoms with Gasteiger partial charge in [-0.25, -0.2) is 0 Å². The minimum absolute atomic E-state index is 0.246. The normalized spacial score (nSPS) is 13.1. The second-order valence-electron chi connectivity index (χ2n) is 4.53. The lowest BCUT2D eigenvalue weighted by atomic mass is 10.2. The maximum atomic E-state index is 9.37. The molecule has 1 unspecified atom stereocenters. The zero-order valence-electron chi connectivity index (χ0n) is 10.5. The molecule has 0 fully saturated rings. The number of benzene rings is 1. The Kier molecular flexibility index (Phi) is 3.82. The van der Waals surface area contributed by atoms with Crippen molar-refractivity contribution in [2.24, 2.45) is 0 Å². The molecule has 0 bridgehead atoms. The SMILES string of the molecule is CNCc1cn(CCC(C)O)c2ccccc12. The van der Waals surface area contributed by atoms with E-state index < -0.39 is 0 Å². The number of nitrogens with zero attached hydrogens (tertiary/aromatic N) is 1. The van der Waals surface area contributed by atoms with Gasteiger partial charge in [0.05, 0.1) is 6.10 Å². The van der Waals surface area contributed by atoms with Gasteiger partial charge >= 0.3 is 0 Å². The zero-order chi connectivity index (χ0) is 12.3. The summed E-state index contributed by atoms with van der Waals surface area (Å²) in [4.78, 5) is 0. The Morgan fingerprint density at radius 3 is 2.82 bits per heavy atom. The Bertz CT molecular complexity index is 488. The molecule has 0 amide bonds. The van der Waals surface area contributed by atoms with E-state index in [1.54, 1.807) is 0 Å². The Morgan fingerprint density at radius 2 is 2.12 bits per heavy atom. The summed E-state index contributed by atoms with van der Waals surface area (Å²) in [5.74, 6) is 0. The fourth-order valence-corrected chi connectivity index (χ4v) is 2.17. The van der Waals surface area contributed by atoms with Crippen molar-refractivity contribution in [2.45, 2.75) is 32.5 Å². The summed E-state index contributed by atoms with van der Waals surface area (Å²) in [5.41, 5.74) is 2.56. The molecule has 1 aromatic carbocycles. The van der Waals surface area contributed by atoms with Crippen LogP contribution in [0.1, 0.15) is 18.9 Å². The molecule has 2 rings (SSSR count). The van der Waals surface area contributed by atoms with Crippen LogP contribution in [0.5, 0.6) is 0 Å². The van der Waals surface area contributed by atoms with Crippen LogP contribution in [-0.4, -0.2) is 22.8 Å². The number of hydrogen-bond donors (Lipinski definition) is 2.